The maximum absolute atomic E-state index is 12.0. The van der Waals surface area contributed by atoms with Gasteiger partial charge in [-0.25, -0.2) is 4.79 Å². The Balaban J connectivity index is 2.06. The summed E-state index contributed by atoms with van der Waals surface area (Å²) < 4.78 is 0. The average Bonchev–Trinajstić information content (AvgIpc) is 2.49. The first-order chi connectivity index (χ1) is 10.2. The minimum atomic E-state index is -1.05. The van der Waals surface area contributed by atoms with Crippen LogP contribution in [0.3, 0.4) is 0 Å². The van der Waals surface area contributed by atoms with Gasteiger partial charge < -0.3 is 10.1 Å². The van der Waals surface area contributed by atoms with Gasteiger partial charge in [0.25, 0.3) is 5.56 Å². The molecule has 0 unspecified atom stereocenters. The summed E-state index contributed by atoms with van der Waals surface area (Å²) in [6.07, 6.45) is 6.19. The van der Waals surface area contributed by atoms with Gasteiger partial charge in [-0.15, -0.1) is 0 Å². The highest BCUT2D eigenvalue weighted by atomic mass is 16.4. The second-order valence-electron chi connectivity index (χ2n) is 5.44. The number of nitrogens with one attached hydrogen (secondary N) is 1. The number of aromatic nitrogens is 1. The van der Waals surface area contributed by atoms with Gasteiger partial charge in [0.2, 0.25) is 0 Å². The van der Waals surface area contributed by atoms with Crippen molar-refractivity contribution in [3.63, 3.8) is 0 Å². The monoisotopic (exact) mass is 283 g/mol. The summed E-state index contributed by atoms with van der Waals surface area (Å²) in [5, 5.41) is 9.25. The van der Waals surface area contributed by atoms with E-state index in [1.165, 1.54) is 29.8 Å². The van der Waals surface area contributed by atoms with Gasteiger partial charge in [0.05, 0.1) is 5.56 Å². The Morgan fingerprint density at radius 1 is 1.19 bits per heavy atom. The van der Waals surface area contributed by atoms with Crippen LogP contribution in [-0.2, 0) is 19.3 Å². The van der Waals surface area contributed by atoms with E-state index in [9.17, 15) is 14.7 Å². The van der Waals surface area contributed by atoms with E-state index in [-0.39, 0.29) is 11.1 Å². The van der Waals surface area contributed by atoms with E-state index in [0.717, 1.165) is 24.8 Å². The molecule has 0 amide bonds. The summed E-state index contributed by atoms with van der Waals surface area (Å²) in [5.41, 5.74) is 3.82. The molecule has 0 saturated heterocycles. The number of benzene rings is 1. The molecular formula is C17H17NO3. The summed E-state index contributed by atoms with van der Waals surface area (Å²) in [5.74, 6) is -1.05. The number of fused-ring (bicyclic) bond motifs is 1. The predicted octanol–water partition coefficient (Wildman–Crippen LogP) is 2.54. The van der Waals surface area contributed by atoms with Crippen molar-refractivity contribution in [2.45, 2.75) is 32.1 Å². The van der Waals surface area contributed by atoms with Crippen molar-refractivity contribution < 1.29 is 9.90 Å². The summed E-state index contributed by atoms with van der Waals surface area (Å²) in [7, 11) is 0. The molecule has 0 aliphatic heterocycles. The lowest BCUT2D eigenvalue weighted by molar-refractivity contribution is 0.0695. The number of hydrogen-bond donors (Lipinski definition) is 2. The van der Waals surface area contributed by atoms with Crippen LogP contribution in [0.5, 0.6) is 0 Å². The minimum absolute atomic E-state index is 0.0900. The molecule has 2 aromatic rings. The van der Waals surface area contributed by atoms with Crippen LogP contribution in [0.15, 0.2) is 35.3 Å². The van der Waals surface area contributed by atoms with Gasteiger partial charge in [0.1, 0.15) is 0 Å². The number of H-pyrrole nitrogens is 1. The molecule has 1 aromatic carbocycles. The largest absolute Gasteiger partial charge is 0.478 e. The molecule has 1 aromatic heterocycles. The molecule has 0 saturated carbocycles. The van der Waals surface area contributed by atoms with Gasteiger partial charge in [0.15, 0.2) is 0 Å². The van der Waals surface area contributed by atoms with Gasteiger partial charge in [-0.1, -0.05) is 18.2 Å². The molecule has 1 heterocycles. The van der Waals surface area contributed by atoms with Gasteiger partial charge in [-0.3, -0.25) is 4.79 Å². The first-order valence-corrected chi connectivity index (χ1v) is 7.20. The van der Waals surface area contributed by atoms with Crippen molar-refractivity contribution in [3.05, 3.63) is 68.6 Å². The number of aromatic carboxylic acids is 1. The number of carbonyl (C=O) groups is 1. The molecular weight excluding hydrogens is 266 g/mol. The smallest absolute Gasteiger partial charge is 0.336 e. The molecule has 2 N–H and O–H groups in total. The molecule has 4 nitrogen and oxygen atoms in total. The van der Waals surface area contributed by atoms with E-state index in [2.05, 4.69) is 11.1 Å². The molecule has 0 radical (unpaired) electrons. The number of rotatable bonds is 3. The Bertz CT molecular complexity index is 746. The molecule has 3 rings (SSSR count). The molecule has 0 fully saturated rings. The predicted molar refractivity (Wildman–Crippen MR) is 79.9 cm³/mol. The van der Waals surface area contributed by atoms with Gasteiger partial charge in [-0.2, -0.15) is 0 Å². The summed E-state index contributed by atoms with van der Waals surface area (Å²) >= 11 is 0. The number of pyridine rings is 1. The van der Waals surface area contributed by atoms with E-state index < -0.39 is 5.97 Å². The first kappa shape index (κ1) is 13.6. The van der Waals surface area contributed by atoms with Crippen LogP contribution in [-0.4, -0.2) is 16.1 Å². The van der Waals surface area contributed by atoms with Gasteiger partial charge >= 0.3 is 5.97 Å². The third-order valence-electron chi connectivity index (χ3n) is 4.15. The standard InChI is InChI=1S/C17H17NO3/c19-16-15(14(17(20)21)8-9-18-16)10-12-6-3-5-11-4-1-2-7-13(11)12/h3,5-6,8-9H,1-2,4,7,10H2,(H,18,19)(H,20,21). The molecule has 1 aliphatic rings. The zero-order chi connectivity index (χ0) is 14.8. The van der Waals surface area contributed by atoms with Crippen molar-refractivity contribution in [3.8, 4) is 0 Å². The molecule has 4 heteroatoms. The SMILES string of the molecule is O=C(O)c1cc[nH]c(=O)c1Cc1cccc2c1CCCC2. The van der Waals surface area contributed by atoms with Crippen molar-refractivity contribution in [1.29, 1.82) is 0 Å². The van der Waals surface area contributed by atoms with Crippen LogP contribution in [0.4, 0.5) is 0 Å². The third-order valence-corrected chi connectivity index (χ3v) is 4.15. The zero-order valence-electron chi connectivity index (χ0n) is 11.7. The zero-order valence-corrected chi connectivity index (χ0v) is 11.7. The number of aromatic amines is 1. The van der Waals surface area contributed by atoms with Crippen molar-refractivity contribution >= 4 is 5.97 Å². The van der Waals surface area contributed by atoms with Crippen molar-refractivity contribution in [2.24, 2.45) is 0 Å². The molecule has 0 atom stereocenters. The van der Waals surface area contributed by atoms with Crippen LogP contribution in [0.1, 0.15) is 45.5 Å². The van der Waals surface area contributed by atoms with Crippen molar-refractivity contribution in [2.75, 3.05) is 0 Å². The fourth-order valence-electron chi connectivity index (χ4n) is 3.10. The molecule has 0 bridgehead atoms. The topological polar surface area (TPSA) is 70.2 Å². The van der Waals surface area contributed by atoms with Crippen LogP contribution in [0, 0.1) is 0 Å². The molecule has 21 heavy (non-hydrogen) atoms. The van der Waals surface area contributed by atoms with Crippen LogP contribution in [0.25, 0.3) is 0 Å². The van der Waals surface area contributed by atoms with E-state index in [0.29, 0.717) is 12.0 Å². The third kappa shape index (κ3) is 2.61. The fraction of sp³-hybridized carbons (Fsp3) is 0.294. The van der Waals surface area contributed by atoms with Gasteiger partial charge in [-0.05, 0) is 48.4 Å². The van der Waals surface area contributed by atoms with E-state index in [1.807, 2.05) is 12.1 Å². The van der Waals surface area contributed by atoms with Crippen molar-refractivity contribution in [1.82, 2.24) is 4.98 Å². The Morgan fingerprint density at radius 3 is 2.81 bits per heavy atom. The highest BCUT2D eigenvalue weighted by Crippen LogP contribution is 2.26. The van der Waals surface area contributed by atoms with E-state index in [1.54, 1.807) is 0 Å². The highest BCUT2D eigenvalue weighted by molar-refractivity contribution is 5.89. The Kier molecular flexibility index (Phi) is 3.60. The Morgan fingerprint density at radius 2 is 2.00 bits per heavy atom. The second-order valence-corrected chi connectivity index (χ2v) is 5.44. The summed E-state index contributed by atoms with van der Waals surface area (Å²) in [6.45, 7) is 0. The number of carboxylic acid groups (broad SMARTS) is 1. The average molecular weight is 283 g/mol. The lowest BCUT2D eigenvalue weighted by Crippen LogP contribution is -2.19. The van der Waals surface area contributed by atoms with E-state index in [4.69, 9.17) is 0 Å². The highest BCUT2D eigenvalue weighted by Gasteiger charge is 2.17. The van der Waals surface area contributed by atoms with Gasteiger partial charge in [0, 0.05) is 18.2 Å². The molecule has 1 aliphatic carbocycles. The first-order valence-electron chi connectivity index (χ1n) is 7.20. The van der Waals surface area contributed by atoms with Crippen LogP contribution in [0.2, 0.25) is 0 Å². The number of carboxylic acids is 1. The second kappa shape index (κ2) is 5.56. The fourth-order valence-corrected chi connectivity index (χ4v) is 3.10. The minimum Gasteiger partial charge on any atom is -0.478 e. The molecule has 0 spiro atoms. The number of aryl methyl sites for hydroxylation is 1. The summed E-state index contributed by atoms with van der Waals surface area (Å²) in [4.78, 5) is 25.9. The van der Waals surface area contributed by atoms with Crippen LogP contribution >= 0.6 is 0 Å². The maximum atomic E-state index is 12.0. The lowest BCUT2D eigenvalue weighted by atomic mass is 9.86. The maximum Gasteiger partial charge on any atom is 0.336 e. The van der Waals surface area contributed by atoms with Crippen LogP contribution < -0.4 is 5.56 Å². The lowest BCUT2D eigenvalue weighted by Gasteiger charge is -2.19. The summed E-state index contributed by atoms with van der Waals surface area (Å²) in [6, 6.07) is 7.58. The number of hydrogen-bond acceptors (Lipinski definition) is 2. The van der Waals surface area contributed by atoms with E-state index >= 15 is 0 Å². The molecule has 108 valence electrons. The normalized spacial score (nSPS) is 13.7. The quantitative estimate of drug-likeness (QED) is 0.909. The Hall–Kier alpha value is -2.36. The Labute approximate surface area is 122 Å².